The summed E-state index contributed by atoms with van der Waals surface area (Å²) in [5.74, 6) is 1.02. The monoisotopic (exact) mass is 368 g/mol. The number of methoxy groups -OCH3 is 1. The van der Waals surface area contributed by atoms with Gasteiger partial charge in [-0.3, -0.25) is 4.79 Å². The van der Waals surface area contributed by atoms with Gasteiger partial charge in [0.15, 0.2) is 11.9 Å². The molecule has 0 saturated carbocycles. The normalized spacial score (nSPS) is 15.1. The molecule has 0 radical (unpaired) electrons. The molecule has 1 aliphatic rings. The first-order valence-corrected chi connectivity index (χ1v) is 8.58. The average molecular weight is 368 g/mol. The van der Waals surface area contributed by atoms with E-state index in [0.717, 1.165) is 0 Å². The molecule has 0 N–H and O–H groups in total. The Hall–Kier alpha value is -3.28. The molecule has 0 fully saturated rings. The molecule has 0 aromatic heterocycles. The number of fused-ring (bicyclic) bond motifs is 1. The maximum Gasteiger partial charge on any atom is 0.346 e. The SMILES string of the molecule is CCOc1ccc2c(c1)O/C(=C\c1ccccc1O[C@H](C)C(=O)OC)C2=O. The number of carbonyl (C=O) groups excluding carboxylic acids is 2. The Morgan fingerprint density at radius 2 is 2.00 bits per heavy atom. The average Bonchev–Trinajstić information content (AvgIpc) is 2.98. The standard InChI is InChI=1S/C21H20O6/c1-4-25-15-9-10-16-18(12-15)27-19(20(16)22)11-14-7-5-6-8-17(14)26-13(2)21(23)24-3/h5-13H,4H2,1-3H3/b19-11-/t13-/m1/s1. The molecule has 6 nitrogen and oxygen atoms in total. The zero-order valence-electron chi connectivity index (χ0n) is 15.4. The molecular formula is C21H20O6. The van der Waals surface area contributed by atoms with Gasteiger partial charge in [-0.15, -0.1) is 0 Å². The predicted molar refractivity (Wildman–Crippen MR) is 99.1 cm³/mol. The molecule has 2 aromatic rings. The van der Waals surface area contributed by atoms with E-state index < -0.39 is 12.1 Å². The van der Waals surface area contributed by atoms with E-state index in [1.165, 1.54) is 7.11 Å². The van der Waals surface area contributed by atoms with Gasteiger partial charge in [-0.05, 0) is 38.1 Å². The van der Waals surface area contributed by atoms with Crippen molar-refractivity contribution in [2.45, 2.75) is 20.0 Å². The zero-order chi connectivity index (χ0) is 19.4. The maximum atomic E-state index is 12.6. The predicted octanol–water partition coefficient (Wildman–Crippen LogP) is 3.64. The third-order valence-corrected chi connectivity index (χ3v) is 3.99. The lowest BCUT2D eigenvalue weighted by Gasteiger charge is -2.14. The molecule has 0 saturated heterocycles. The van der Waals surface area contributed by atoms with E-state index in [9.17, 15) is 9.59 Å². The number of esters is 1. The number of carbonyl (C=O) groups is 2. The van der Waals surface area contributed by atoms with Crippen molar-refractivity contribution in [2.75, 3.05) is 13.7 Å². The fourth-order valence-corrected chi connectivity index (χ4v) is 2.68. The second-order valence-electron chi connectivity index (χ2n) is 5.85. The van der Waals surface area contributed by atoms with Gasteiger partial charge in [0.1, 0.15) is 17.2 Å². The van der Waals surface area contributed by atoms with Crippen LogP contribution in [0.3, 0.4) is 0 Å². The van der Waals surface area contributed by atoms with Crippen LogP contribution in [0.2, 0.25) is 0 Å². The van der Waals surface area contributed by atoms with E-state index in [1.807, 2.05) is 13.0 Å². The van der Waals surface area contributed by atoms with E-state index >= 15 is 0 Å². The number of hydrogen-bond acceptors (Lipinski definition) is 6. The third-order valence-electron chi connectivity index (χ3n) is 3.99. The van der Waals surface area contributed by atoms with Gasteiger partial charge in [0.25, 0.3) is 0 Å². The number of allylic oxidation sites excluding steroid dienone is 1. The van der Waals surface area contributed by atoms with E-state index in [1.54, 1.807) is 49.4 Å². The van der Waals surface area contributed by atoms with Crippen molar-refractivity contribution >= 4 is 17.8 Å². The van der Waals surface area contributed by atoms with Gasteiger partial charge in [-0.25, -0.2) is 4.79 Å². The van der Waals surface area contributed by atoms with Gasteiger partial charge in [0, 0.05) is 11.6 Å². The number of para-hydroxylation sites is 1. The molecule has 2 aromatic carbocycles. The number of Topliss-reactive ketones (excluding diaryl/α,β-unsaturated/α-hetero) is 1. The summed E-state index contributed by atoms with van der Waals surface area (Å²) in [7, 11) is 1.30. The molecule has 27 heavy (non-hydrogen) atoms. The van der Waals surface area contributed by atoms with Gasteiger partial charge < -0.3 is 18.9 Å². The highest BCUT2D eigenvalue weighted by Gasteiger charge is 2.28. The maximum absolute atomic E-state index is 12.6. The second-order valence-corrected chi connectivity index (χ2v) is 5.85. The molecule has 140 valence electrons. The first kappa shape index (κ1) is 18.5. The van der Waals surface area contributed by atoms with Gasteiger partial charge in [0.2, 0.25) is 5.78 Å². The lowest BCUT2D eigenvalue weighted by atomic mass is 10.1. The Morgan fingerprint density at radius 3 is 2.74 bits per heavy atom. The molecule has 1 heterocycles. The van der Waals surface area contributed by atoms with Crippen molar-refractivity contribution in [2.24, 2.45) is 0 Å². The van der Waals surface area contributed by atoms with E-state index in [2.05, 4.69) is 4.74 Å². The van der Waals surface area contributed by atoms with Gasteiger partial charge in [-0.1, -0.05) is 18.2 Å². The minimum atomic E-state index is -0.777. The fraction of sp³-hybridized carbons (Fsp3) is 0.238. The lowest BCUT2D eigenvalue weighted by Crippen LogP contribution is -2.25. The first-order valence-electron chi connectivity index (χ1n) is 8.58. The number of ketones is 1. The van der Waals surface area contributed by atoms with Gasteiger partial charge in [-0.2, -0.15) is 0 Å². The van der Waals surface area contributed by atoms with E-state index in [0.29, 0.717) is 35.0 Å². The number of hydrogen-bond donors (Lipinski definition) is 0. The summed E-state index contributed by atoms with van der Waals surface area (Å²) in [6.07, 6.45) is 0.822. The minimum absolute atomic E-state index is 0.181. The van der Waals surface area contributed by atoms with Crippen LogP contribution in [0.15, 0.2) is 48.2 Å². The summed E-state index contributed by atoms with van der Waals surface area (Å²) in [6, 6.07) is 12.2. The highest BCUT2D eigenvalue weighted by molar-refractivity contribution is 6.14. The smallest absolute Gasteiger partial charge is 0.346 e. The van der Waals surface area contributed by atoms with Gasteiger partial charge in [0.05, 0.1) is 19.3 Å². The summed E-state index contributed by atoms with van der Waals surface area (Å²) in [5, 5.41) is 0. The van der Waals surface area contributed by atoms with Crippen LogP contribution in [0.4, 0.5) is 0 Å². The van der Waals surface area contributed by atoms with Crippen LogP contribution in [0.25, 0.3) is 6.08 Å². The number of rotatable bonds is 6. The van der Waals surface area contributed by atoms with Crippen LogP contribution in [0.1, 0.15) is 29.8 Å². The van der Waals surface area contributed by atoms with E-state index in [-0.39, 0.29) is 11.5 Å². The van der Waals surface area contributed by atoms with Crippen LogP contribution < -0.4 is 14.2 Å². The Morgan fingerprint density at radius 1 is 1.22 bits per heavy atom. The van der Waals surface area contributed by atoms with Crippen molar-refractivity contribution in [1.82, 2.24) is 0 Å². The Labute approximate surface area is 157 Å². The minimum Gasteiger partial charge on any atom is -0.494 e. The molecular weight excluding hydrogens is 348 g/mol. The van der Waals surface area contributed by atoms with Gasteiger partial charge >= 0.3 is 5.97 Å². The van der Waals surface area contributed by atoms with Crippen LogP contribution in [0.5, 0.6) is 17.2 Å². The Kier molecular flexibility index (Phi) is 5.45. The zero-order valence-corrected chi connectivity index (χ0v) is 15.4. The molecule has 1 aliphatic heterocycles. The molecule has 0 amide bonds. The highest BCUT2D eigenvalue weighted by Crippen LogP contribution is 2.35. The number of ether oxygens (including phenoxy) is 4. The van der Waals surface area contributed by atoms with Crippen LogP contribution >= 0.6 is 0 Å². The number of benzene rings is 2. The van der Waals surface area contributed by atoms with E-state index in [4.69, 9.17) is 14.2 Å². The topological polar surface area (TPSA) is 71.1 Å². The van der Waals surface area contributed by atoms with Crippen LogP contribution in [-0.4, -0.2) is 31.6 Å². The van der Waals surface area contributed by atoms with Crippen LogP contribution in [0, 0.1) is 0 Å². The fourth-order valence-electron chi connectivity index (χ4n) is 2.68. The highest BCUT2D eigenvalue weighted by atomic mass is 16.6. The Balaban J connectivity index is 1.87. The summed E-state index contributed by atoms with van der Waals surface area (Å²) < 4.78 is 21.5. The van der Waals surface area contributed by atoms with Crippen LogP contribution in [-0.2, 0) is 9.53 Å². The first-order chi connectivity index (χ1) is 13.0. The lowest BCUT2D eigenvalue weighted by molar-refractivity contribution is -0.147. The molecule has 3 rings (SSSR count). The molecule has 0 bridgehead atoms. The van der Waals surface area contributed by atoms with Crippen molar-refractivity contribution < 1.29 is 28.5 Å². The summed E-state index contributed by atoms with van der Waals surface area (Å²) in [4.78, 5) is 24.2. The Bertz CT molecular complexity index is 899. The summed E-state index contributed by atoms with van der Waals surface area (Å²) >= 11 is 0. The molecule has 0 spiro atoms. The third kappa shape index (κ3) is 3.95. The summed E-state index contributed by atoms with van der Waals surface area (Å²) in [5.41, 5.74) is 1.10. The van der Waals surface area contributed by atoms with Crippen molar-refractivity contribution in [3.63, 3.8) is 0 Å². The largest absolute Gasteiger partial charge is 0.494 e. The quantitative estimate of drug-likeness (QED) is 0.573. The molecule has 6 heteroatoms. The summed E-state index contributed by atoms with van der Waals surface area (Å²) in [6.45, 7) is 4.01. The van der Waals surface area contributed by atoms with Crippen molar-refractivity contribution in [1.29, 1.82) is 0 Å². The second kappa shape index (κ2) is 7.95. The molecule has 0 aliphatic carbocycles. The molecule has 1 atom stereocenters. The molecule has 0 unspecified atom stereocenters. The van der Waals surface area contributed by atoms with Crippen molar-refractivity contribution in [3.8, 4) is 17.2 Å². The van der Waals surface area contributed by atoms with Crippen molar-refractivity contribution in [3.05, 3.63) is 59.4 Å².